The van der Waals surface area contributed by atoms with Crippen LogP contribution in [-0.4, -0.2) is 61.4 Å². The molecule has 7 atom stereocenters. The molecule has 6 nitrogen and oxygen atoms in total. The summed E-state index contributed by atoms with van der Waals surface area (Å²) in [6, 6.07) is 0.536. The average molecular weight is 434 g/mol. The van der Waals surface area contributed by atoms with Gasteiger partial charge in [-0.2, -0.15) is 0 Å². The van der Waals surface area contributed by atoms with Crippen LogP contribution < -0.4 is 21.3 Å². The molecule has 2 saturated carbocycles. The molecule has 0 spiro atoms. The maximum absolute atomic E-state index is 6.65. The summed E-state index contributed by atoms with van der Waals surface area (Å²) in [5.74, 6) is 1.45. The van der Waals surface area contributed by atoms with Gasteiger partial charge in [0.05, 0.1) is 24.5 Å². The van der Waals surface area contributed by atoms with E-state index in [1.165, 1.54) is 96.6 Å². The fourth-order valence-electron chi connectivity index (χ4n) is 6.90. The molecule has 178 valence electrons. The molecule has 0 aromatic rings. The molecule has 0 bridgehead atoms. The number of piperidine rings is 1. The van der Waals surface area contributed by atoms with Crippen molar-refractivity contribution in [2.75, 3.05) is 19.6 Å². The van der Waals surface area contributed by atoms with Crippen molar-refractivity contribution < 1.29 is 4.74 Å². The van der Waals surface area contributed by atoms with E-state index in [1.54, 1.807) is 0 Å². The maximum Gasteiger partial charge on any atom is 0.113 e. The predicted molar refractivity (Wildman–Crippen MR) is 125 cm³/mol. The monoisotopic (exact) mass is 433 g/mol. The summed E-state index contributed by atoms with van der Waals surface area (Å²) in [5, 5.41) is 15.5. The van der Waals surface area contributed by atoms with Crippen molar-refractivity contribution in [2.45, 2.75) is 127 Å². The zero-order valence-electron chi connectivity index (χ0n) is 19.8. The standard InChI is InChI=1S/C25H47N5O/c1-18-11-12-21(31-20-8-4-2-3-5-9-20)16-22(18)28-25-27-17-19-13-15-30(24(19)29-25)23-10-6-7-14-26-23/h18-29H,2-17H2,1H3. The Labute approximate surface area is 190 Å². The fourth-order valence-corrected chi connectivity index (χ4v) is 6.90. The van der Waals surface area contributed by atoms with E-state index >= 15 is 0 Å². The predicted octanol–water partition coefficient (Wildman–Crippen LogP) is 3.10. The van der Waals surface area contributed by atoms with Crippen LogP contribution in [0.2, 0.25) is 0 Å². The molecule has 2 aliphatic carbocycles. The summed E-state index contributed by atoms with van der Waals surface area (Å²) in [7, 11) is 0. The summed E-state index contributed by atoms with van der Waals surface area (Å²) < 4.78 is 6.65. The molecule has 4 N–H and O–H groups in total. The van der Waals surface area contributed by atoms with Gasteiger partial charge in [-0.1, -0.05) is 32.6 Å². The zero-order chi connectivity index (χ0) is 21.0. The number of nitrogens with one attached hydrogen (secondary N) is 4. The molecular formula is C25H47N5O. The van der Waals surface area contributed by atoms with E-state index in [-0.39, 0.29) is 6.29 Å². The van der Waals surface area contributed by atoms with Crippen molar-refractivity contribution in [1.29, 1.82) is 0 Å². The topological polar surface area (TPSA) is 60.6 Å². The van der Waals surface area contributed by atoms with Crippen LogP contribution in [-0.2, 0) is 4.74 Å². The van der Waals surface area contributed by atoms with E-state index in [2.05, 4.69) is 33.1 Å². The average Bonchev–Trinajstić information content (AvgIpc) is 3.04. The van der Waals surface area contributed by atoms with Crippen molar-refractivity contribution in [2.24, 2.45) is 11.8 Å². The summed E-state index contributed by atoms with van der Waals surface area (Å²) in [5.41, 5.74) is 0. The molecule has 31 heavy (non-hydrogen) atoms. The highest BCUT2D eigenvalue weighted by Gasteiger charge is 2.42. The van der Waals surface area contributed by atoms with Crippen LogP contribution in [0.3, 0.4) is 0 Å². The van der Waals surface area contributed by atoms with E-state index in [0.717, 1.165) is 18.4 Å². The number of fused-ring (bicyclic) bond motifs is 1. The van der Waals surface area contributed by atoms with Gasteiger partial charge in [0.25, 0.3) is 0 Å². The summed E-state index contributed by atoms with van der Waals surface area (Å²) >= 11 is 0. The summed E-state index contributed by atoms with van der Waals surface area (Å²) in [6.07, 6.45) is 19.4. The SMILES string of the molecule is CC1CCC(OC2CCCCCC2)CC1NC1NCC2CCN(C3CCCCN3)C2N1. The molecule has 0 amide bonds. The number of rotatable bonds is 5. The zero-order valence-corrected chi connectivity index (χ0v) is 19.8. The molecule has 5 rings (SSSR count). The van der Waals surface area contributed by atoms with E-state index in [1.807, 2.05) is 0 Å². The van der Waals surface area contributed by atoms with Crippen molar-refractivity contribution in [3.8, 4) is 0 Å². The van der Waals surface area contributed by atoms with Crippen LogP contribution in [0.15, 0.2) is 0 Å². The molecule has 3 heterocycles. The van der Waals surface area contributed by atoms with E-state index in [4.69, 9.17) is 4.74 Å². The Morgan fingerprint density at radius 1 is 0.839 bits per heavy atom. The Morgan fingerprint density at radius 2 is 1.68 bits per heavy atom. The minimum absolute atomic E-state index is 0.217. The third kappa shape index (κ3) is 5.64. The minimum Gasteiger partial charge on any atom is -0.375 e. The van der Waals surface area contributed by atoms with E-state index < -0.39 is 0 Å². The lowest BCUT2D eigenvalue weighted by atomic mass is 9.84. The molecular weight excluding hydrogens is 386 g/mol. The molecule has 3 aliphatic heterocycles. The van der Waals surface area contributed by atoms with Gasteiger partial charge >= 0.3 is 0 Å². The van der Waals surface area contributed by atoms with Crippen molar-refractivity contribution in [3.05, 3.63) is 0 Å². The Kier molecular flexibility index (Phi) is 7.85. The highest BCUT2D eigenvalue weighted by molar-refractivity contribution is 4.96. The Balaban J connectivity index is 1.14. The van der Waals surface area contributed by atoms with Gasteiger partial charge in [-0.3, -0.25) is 20.9 Å². The molecule has 0 aromatic carbocycles. The van der Waals surface area contributed by atoms with Gasteiger partial charge in [-0.05, 0) is 70.3 Å². The first-order chi connectivity index (χ1) is 15.3. The minimum atomic E-state index is 0.217. The largest absolute Gasteiger partial charge is 0.375 e. The molecule has 7 unspecified atom stereocenters. The normalized spacial score (nSPS) is 43.5. The van der Waals surface area contributed by atoms with Crippen LogP contribution in [0.4, 0.5) is 0 Å². The van der Waals surface area contributed by atoms with Gasteiger partial charge in [0.1, 0.15) is 6.29 Å². The van der Waals surface area contributed by atoms with Crippen LogP contribution in [0.5, 0.6) is 0 Å². The third-order valence-corrected chi connectivity index (χ3v) is 8.88. The smallest absolute Gasteiger partial charge is 0.113 e. The van der Waals surface area contributed by atoms with Crippen molar-refractivity contribution in [1.82, 2.24) is 26.2 Å². The maximum atomic E-state index is 6.65. The van der Waals surface area contributed by atoms with Gasteiger partial charge in [-0.15, -0.1) is 0 Å². The van der Waals surface area contributed by atoms with Gasteiger partial charge in [0, 0.05) is 25.0 Å². The second-order valence-electron chi connectivity index (χ2n) is 11.1. The van der Waals surface area contributed by atoms with Crippen LogP contribution in [0, 0.1) is 11.8 Å². The lowest BCUT2D eigenvalue weighted by Crippen LogP contribution is -2.69. The number of ether oxygens (including phenoxy) is 1. The van der Waals surface area contributed by atoms with E-state index in [9.17, 15) is 0 Å². The third-order valence-electron chi connectivity index (χ3n) is 8.88. The fraction of sp³-hybridized carbons (Fsp3) is 1.00. The summed E-state index contributed by atoms with van der Waals surface area (Å²) in [6.45, 7) is 5.96. The lowest BCUT2D eigenvalue weighted by Gasteiger charge is -2.45. The second-order valence-corrected chi connectivity index (χ2v) is 11.1. The van der Waals surface area contributed by atoms with Crippen molar-refractivity contribution in [3.63, 3.8) is 0 Å². The quantitative estimate of drug-likeness (QED) is 0.500. The van der Waals surface area contributed by atoms with Gasteiger partial charge < -0.3 is 10.1 Å². The van der Waals surface area contributed by atoms with Crippen molar-refractivity contribution >= 4 is 0 Å². The first kappa shape index (κ1) is 22.5. The highest BCUT2D eigenvalue weighted by Crippen LogP contribution is 2.31. The molecule has 3 saturated heterocycles. The Hall–Kier alpha value is -0.240. The number of hydrogen-bond donors (Lipinski definition) is 4. The van der Waals surface area contributed by atoms with Gasteiger partial charge in [-0.25, -0.2) is 0 Å². The van der Waals surface area contributed by atoms with Gasteiger partial charge in [0.15, 0.2) is 0 Å². The van der Waals surface area contributed by atoms with E-state index in [0.29, 0.717) is 30.6 Å². The first-order valence-corrected chi connectivity index (χ1v) is 13.7. The number of hydrogen-bond acceptors (Lipinski definition) is 6. The van der Waals surface area contributed by atoms with Gasteiger partial charge in [0.2, 0.25) is 0 Å². The number of likely N-dealkylation sites (tertiary alicyclic amines) is 1. The van der Waals surface area contributed by atoms with Crippen LogP contribution >= 0.6 is 0 Å². The van der Waals surface area contributed by atoms with Crippen LogP contribution in [0.1, 0.15) is 90.4 Å². The Bertz CT molecular complexity index is 548. The van der Waals surface area contributed by atoms with Crippen LogP contribution in [0.25, 0.3) is 0 Å². The lowest BCUT2D eigenvalue weighted by molar-refractivity contribution is -0.0514. The number of nitrogens with zero attached hydrogens (tertiary/aromatic N) is 1. The molecule has 0 aromatic heterocycles. The molecule has 5 aliphatic rings. The summed E-state index contributed by atoms with van der Waals surface area (Å²) in [4.78, 5) is 2.72. The second kappa shape index (κ2) is 10.8. The molecule has 5 fully saturated rings. The molecule has 6 heteroatoms. The Morgan fingerprint density at radius 3 is 2.48 bits per heavy atom. The molecule has 0 radical (unpaired) electrons. The first-order valence-electron chi connectivity index (χ1n) is 13.7. The highest BCUT2D eigenvalue weighted by atomic mass is 16.5.